The van der Waals surface area contributed by atoms with Crippen LogP contribution in [0, 0.1) is 39.8 Å². The van der Waals surface area contributed by atoms with Gasteiger partial charge in [0.15, 0.2) is 0 Å². The van der Waals surface area contributed by atoms with E-state index in [9.17, 15) is 24.8 Å². The van der Waals surface area contributed by atoms with Crippen LogP contribution in [0.4, 0.5) is 10.1 Å². The van der Waals surface area contributed by atoms with E-state index in [4.69, 9.17) is 4.65 Å². The molecule has 3 N–H and O–H groups in total. The minimum atomic E-state index is -1.43. The standard InChI is InChI=1S/C29H39BFNO6/c1-6-27(4)13-21(32(14-22(34)35)19-8-7-18-15-38-30(37)23(18)24(19)31)28(5)16(2)9-11-29(17(3)26(27)36)12-10-20(33)25(28)29/h6-8,16-17,21,25-26,36-37H,1,9-15H2,2-5H3,(H,34,35)/t16-,17+,21-,25+,26+,27-,28+,29+/m1/s1. The normalized spacial score (nSPS) is 40.2. The van der Waals surface area contributed by atoms with Gasteiger partial charge in [-0.3, -0.25) is 9.59 Å². The summed E-state index contributed by atoms with van der Waals surface area (Å²) in [6.07, 6.45) is 4.00. The number of hydrogen-bond acceptors (Lipinski definition) is 6. The number of fused-ring (bicyclic) bond motifs is 1. The maximum Gasteiger partial charge on any atom is 0.494 e. The zero-order valence-electron chi connectivity index (χ0n) is 22.7. The summed E-state index contributed by atoms with van der Waals surface area (Å²) in [5.74, 6) is -2.18. The third-order valence-corrected chi connectivity index (χ3v) is 11.2. The monoisotopic (exact) mass is 527 g/mol. The van der Waals surface area contributed by atoms with Crippen molar-refractivity contribution in [2.24, 2.45) is 34.0 Å². The number of nitrogens with zero attached hydrogens (tertiary/aromatic N) is 1. The van der Waals surface area contributed by atoms with Gasteiger partial charge in [0.1, 0.15) is 18.1 Å². The Bertz CT molecular complexity index is 1180. The molecule has 0 aromatic heterocycles. The number of aliphatic hydroxyl groups excluding tert-OH is 1. The minimum absolute atomic E-state index is 0.0250. The highest BCUT2D eigenvalue weighted by Crippen LogP contribution is 2.68. The lowest BCUT2D eigenvalue weighted by molar-refractivity contribution is -0.164. The van der Waals surface area contributed by atoms with E-state index in [0.29, 0.717) is 24.8 Å². The molecule has 0 saturated heterocycles. The second-order valence-corrected chi connectivity index (χ2v) is 12.8. The fourth-order valence-electron chi connectivity index (χ4n) is 8.81. The molecule has 3 aliphatic carbocycles. The topological polar surface area (TPSA) is 107 Å². The summed E-state index contributed by atoms with van der Waals surface area (Å²) in [4.78, 5) is 27.6. The van der Waals surface area contributed by atoms with Crippen molar-refractivity contribution in [3.63, 3.8) is 0 Å². The number of anilines is 1. The maximum absolute atomic E-state index is 16.2. The highest BCUT2D eigenvalue weighted by molar-refractivity contribution is 6.61. The molecular weight excluding hydrogens is 488 g/mol. The highest BCUT2D eigenvalue weighted by atomic mass is 19.1. The summed E-state index contributed by atoms with van der Waals surface area (Å²) in [6.45, 7) is 11.8. The van der Waals surface area contributed by atoms with E-state index < -0.39 is 53.8 Å². The van der Waals surface area contributed by atoms with Crippen molar-refractivity contribution in [3.8, 4) is 0 Å². The smallest absolute Gasteiger partial charge is 0.480 e. The van der Waals surface area contributed by atoms with Crippen LogP contribution in [0.1, 0.15) is 65.4 Å². The van der Waals surface area contributed by atoms with Crippen molar-refractivity contribution < 1.29 is 33.9 Å². The van der Waals surface area contributed by atoms with Crippen molar-refractivity contribution in [2.75, 3.05) is 11.4 Å². The average molecular weight is 527 g/mol. The van der Waals surface area contributed by atoms with Crippen LogP contribution in [0.25, 0.3) is 0 Å². The summed E-state index contributed by atoms with van der Waals surface area (Å²) in [7, 11) is -1.43. The Kier molecular flexibility index (Phi) is 6.60. The minimum Gasteiger partial charge on any atom is -0.480 e. The average Bonchev–Trinajstić information content (AvgIpc) is 3.43. The van der Waals surface area contributed by atoms with Crippen molar-refractivity contribution in [2.45, 2.75) is 78.6 Å². The second kappa shape index (κ2) is 9.17. The van der Waals surface area contributed by atoms with Crippen LogP contribution in [0.5, 0.6) is 0 Å². The summed E-state index contributed by atoms with van der Waals surface area (Å²) < 4.78 is 21.4. The van der Waals surface area contributed by atoms with Crippen molar-refractivity contribution in [1.29, 1.82) is 0 Å². The first kappa shape index (κ1) is 27.3. The van der Waals surface area contributed by atoms with Crippen molar-refractivity contribution in [3.05, 3.63) is 36.2 Å². The number of carboxylic acids is 1. The molecule has 7 nitrogen and oxygen atoms in total. The van der Waals surface area contributed by atoms with Crippen LogP contribution in [-0.4, -0.2) is 52.8 Å². The second-order valence-electron chi connectivity index (χ2n) is 12.8. The van der Waals surface area contributed by atoms with E-state index in [1.165, 1.54) is 0 Å². The van der Waals surface area contributed by atoms with E-state index in [1.54, 1.807) is 23.1 Å². The van der Waals surface area contributed by atoms with Gasteiger partial charge in [0, 0.05) is 34.7 Å². The number of rotatable bonds is 5. The van der Waals surface area contributed by atoms with Gasteiger partial charge < -0.3 is 24.8 Å². The number of aliphatic carboxylic acids is 1. The number of benzene rings is 1. The lowest BCUT2D eigenvalue weighted by Crippen LogP contribution is -2.66. The first-order valence-electron chi connectivity index (χ1n) is 13.8. The Labute approximate surface area is 224 Å². The number of aliphatic hydroxyl groups is 1. The van der Waals surface area contributed by atoms with Crippen molar-refractivity contribution in [1.82, 2.24) is 0 Å². The molecule has 5 rings (SSSR count). The van der Waals surface area contributed by atoms with E-state index in [2.05, 4.69) is 20.4 Å². The Hall–Kier alpha value is -2.23. The van der Waals surface area contributed by atoms with E-state index in [-0.39, 0.29) is 41.3 Å². The summed E-state index contributed by atoms with van der Waals surface area (Å²) in [5, 5.41) is 32.2. The number of halogens is 1. The van der Waals surface area contributed by atoms with Crippen LogP contribution in [0.2, 0.25) is 0 Å². The van der Waals surface area contributed by atoms with Crippen LogP contribution in [0.3, 0.4) is 0 Å². The van der Waals surface area contributed by atoms with E-state index in [1.807, 2.05) is 13.8 Å². The Morgan fingerprint density at radius 2 is 2.03 bits per heavy atom. The molecule has 0 spiro atoms. The van der Waals surface area contributed by atoms with Gasteiger partial charge in [0.2, 0.25) is 0 Å². The number of carbonyl (C=O) groups excluding carboxylic acids is 1. The van der Waals surface area contributed by atoms with Gasteiger partial charge in [-0.15, -0.1) is 6.58 Å². The Balaban J connectivity index is 1.77. The molecule has 8 atom stereocenters. The largest absolute Gasteiger partial charge is 0.494 e. The predicted octanol–water partition coefficient (Wildman–Crippen LogP) is 3.30. The van der Waals surface area contributed by atoms with Gasteiger partial charge in [-0.1, -0.05) is 39.8 Å². The molecule has 3 fully saturated rings. The fraction of sp³-hybridized carbons (Fsp3) is 0.655. The molecule has 38 heavy (non-hydrogen) atoms. The summed E-state index contributed by atoms with van der Waals surface area (Å²) in [5.41, 5.74) is -1.31. The Morgan fingerprint density at radius 1 is 1.32 bits per heavy atom. The third kappa shape index (κ3) is 3.64. The van der Waals surface area contributed by atoms with Crippen LogP contribution in [-0.2, 0) is 20.9 Å². The van der Waals surface area contributed by atoms with Crippen LogP contribution >= 0.6 is 0 Å². The first-order valence-corrected chi connectivity index (χ1v) is 13.8. The molecule has 1 aromatic rings. The highest BCUT2D eigenvalue weighted by Gasteiger charge is 2.68. The molecule has 1 heterocycles. The molecule has 9 heteroatoms. The molecule has 2 bridgehead atoms. The third-order valence-electron chi connectivity index (χ3n) is 11.2. The zero-order chi connectivity index (χ0) is 27.8. The fourth-order valence-corrected chi connectivity index (χ4v) is 8.81. The molecule has 0 radical (unpaired) electrons. The van der Waals surface area contributed by atoms with Gasteiger partial charge >= 0.3 is 13.1 Å². The molecule has 3 saturated carbocycles. The molecule has 4 aliphatic rings. The zero-order valence-corrected chi connectivity index (χ0v) is 22.7. The lowest BCUT2D eigenvalue weighted by Gasteiger charge is -2.64. The SMILES string of the molecule is C=C[C@]1(C)C[C@@H](N(CC(=O)O)c2ccc3c(c2F)B(O)OC3)[C@]2(C)[C@H](C)CC[C@]3(CCC(=O)[C@H]32)[C@@H](C)[C@@H]1O. The number of Topliss-reactive ketones (excluding diaryl/α,β-unsaturated/α-hetero) is 1. The summed E-state index contributed by atoms with van der Waals surface area (Å²) in [6, 6.07) is 2.63. The van der Waals surface area contributed by atoms with E-state index >= 15 is 4.39 Å². The molecule has 206 valence electrons. The lowest BCUT2D eigenvalue weighted by atomic mass is 9.43. The molecule has 1 aliphatic heterocycles. The molecular formula is C29H39BFNO6. The molecule has 0 amide bonds. The first-order chi connectivity index (χ1) is 17.8. The predicted molar refractivity (Wildman–Crippen MR) is 142 cm³/mol. The maximum atomic E-state index is 16.2. The number of carbonyl (C=O) groups is 2. The van der Waals surface area contributed by atoms with Crippen LogP contribution in [0.15, 0.2) is 24.8 Å². The Morgan fingerprint density at radius 3 is 2.68 bits per heavy atom. The quantitative estimate of drug-likeness (QED) is 0.399. The van der Waals surface area contributed by atoms with Gasteiger partial charge in [-0.2, -0.15) is 0 Å². The molecule has 0 unspecified atom stereocenters. The summed E-state index contributed by atoms with van der Waals surface area (Å²) >= 11 is 0. The van der Waals surface area contributed by atoms with Crippen molar-refractivity contribution >= 4 is 30.0 Å². The van der Waals surface area contributed by atoms with Gasteiger partial charge in [-0.05, 0) is 54.6 Å². The van der Waals surface area contributed by atoms with Gasteiger partial charge in [0.05, 0.1) is 18.4 Å². The van der Waals surface area contributed by atoms with Gasteiger partial charge in [0.25, 0.3) is 0 Å². The number of hydrogen-bond donors (Lipinski definition) is 3. The van der Waals surface area contributed by atoms with Gasteiger partial charge in [-0.25, -0.2) is 4.39 Å². The number of carboxylic acid groups (broad SMARTS) is 1. The van der Waals surface area contributed by atoms with E-state index in [0.717, 1.165) is 12.8 Å². The molecule has 1 aromatic carbocycles. The van der Waals surface area contributed by atoms with Crippen LogP contribution < -0.4 is 10.4 Å². The number of ketones is 1.